The van der Waals surface area contributed by atoms with E-state index >= 15 is 0 Å². The summed E-state index contributed by atoms with van der Waals surface area (Å²) < 4.78 is 23.2. The molecule has 0 unspecified atom stereocenters. The minimum Gasteiger partial charge on any atom is -0.383 e. The van der Waals surface area contributed by atoms with Crippen molar-refractivity contribution in [2.45, 2.75) is 30.4 Å². The second-order valence-electron chi connectivity index (χ2n) is 5.06. The van der Waals surface area contributed by atoms with Gasteiger partial charge in [0, 0.05) is 17.1 Å². The lowest BCUT2D eigenvalue weighted by Crippen LogP contribution is -2.32. The lowest BCUT2D eigenvalue weighted by atomic mass is 10.3. The smallest absolute Gasteiger partial charge is 0.156 e. The van der Waals surface area contributed by atoms with Crippen LogP contribution in [-0.2, 0) is 9.84 Å². The van der Waals surface area contributed by atoms with E-state index in [1.807, 2.05) is 30.5 Å². The number of nitrogens with one attached hydrogen (secondary N) is 1. The van der Waals surface area contributed by atoms with Crippen LogP contribution >= 0.6 is 11.8 Å². The number of hydrogen-bond acceptors (Lipinski definition) is 4. The summed E-state index contributed by atoms with van der Waals surface area (Å²) in [5, 5.41) is 3.19. The number of anilines is 1. The molecule has 0 aromatic heterocycles. The summed E-state index contributed by atoms with van der Waals surface area (Å²) in [5.41, 5.74) is 0.995. The maximum atomic E-state index is 12.0. The van der Waals surface area contributed by atoms with E-state index in [1.54, 1.807) is 32.5 Å². The first-order valence-corrected chi connectivity index (χ1v) is 8.75. The molecule has 1 aromatic carbocycles. The van der Waals surface area contributed by atoms with Gasteiger partial charge >= 0.3 is 0 Å². The van der Waals surface area contributed by atoms with Crippen molar-refractivity contribution < 1.29 is 8.42 Å². The highest BCUT2D eigenvalue weighted by Crippen LogP contribution is 2.24. The summed E-state index contributed by atoms with van der Waals surface area (Å²) in [7, 11) is -3.06. The Labute approximate surface area is 114 Å². The van der Waals surface area contributed by atoms with Gasteiger partial charge in [0.2, 0.25) is 0 Å². The SMILES string of the molecule is CSc1ccccc1NCCS(=O)(=O)C(C)(C)C. The Morgan fingerprint density at radius 1 is 1.22 bits per heavy atom. The first kappa shape index (κ1) is 15.4. The van der Waals surface area contributed by atoms with Crippen LogP contribution in [0.25, 0.3) is 0 Å². The Hall–Kier alpha value is -0.680. The van der Waals surface area contributed by atoms with E-state index in [-0.39, 0.29) is 5.75 Å². The summed E-state index contributed by atoms with van der Waals surface area (Å²) >= 11 is 1.65. The van der Waals surface area contributed by atoms with Crippen molar-refractivity contribution in [3.05, 3.63) is 24.3 Å². The summed E-state index contributed by atoms with van der Waals surface area (Å²) in [6.07, 6.45) is 2.01. The van der Waals surface area contributed by atoms with Crippen molar-refractivity contribution >= 4 is 27.3 Å². The predicted octanol–water partition coefficient (Wildman–Crippen LogP) is 3.03. The molecule has 0 spiro atoms. The molecule has 0 fully saturated rings. The van der Waals surface area contributed by atoms with Crippen molar-refractivity contribution in [3.8, 4) is 0 Å². The number of rotatable bonds is 5. The third-order valence-corrected chi connectivity index (χ3v) is 6.13. The molecule has 0 radical (unpaired) electrons. The quantitative estimate of drug-likeness (QED) is 0.846. The van der Waals surface area contributed by atoms with Crippen molar-refractivity contribution in [3.63, 3.8) is 0 Å². The molecular weight excluding hydrogens is 266 g/mol. The van der Waals surface area contributed by atoms with Crippen LogP contribution in [0.15, 0.2) is 29.2 Å². The van der Waals surface area contributed by atoms with Gasteiger partial charge in [-0.2, -0.15) is 0 Å². The maximum absolute atomic E-state index is 12.0. The van der Waals surface area contributed by atoms with Crippen LogP contribution in [-0.4, -0.2) is 31.7 Å². The molecule has 0 saturated carbocycles. The van der Waals surface area contributed by atoms with E-state index in [1.165, 1.54) is 0 Å². The molecule has 1 aromatic rings. The van der Waals surface area contributed by atoms with Gasteiger partial charge < -0.3 is 5.32 Å². The molecule has 102 valence electrons. The van der Waals surface area contributed by atoms with E-state index in [4.69, 9.17) is 0 Å². The van der Waals surface area contributed by atoms with Gasteiger partial charge in [0.25, 0.3) is 0 Å². The van der Waals surface area contributed by atoms with Gasteiger partial charge in [-0.3, -0.25) is 0 Å². The number of thioether (sulfide) groups is 1. The topological polar surface area (TPSA) is 46.2 Å². The second-order valence-corrected chi connectivity index (χ2v) is 8.77. The van der Waals surface area contributed by atoms with Crippen LogP contribution in [0.2, 0.25) is 0 Å². The first-order valence-electron chi connectivity index (χ1n) is 5.87. The monoisotopic (exact) mass is 287 g/mol. The van der Waals surface area contributed by atoms with Crippen molar-refractivity contribution in [2.75, 3.05) is 23.9 Å². The molecule has 5 heteroatoms. The molecule has 0 heterocycles. The van der Waals surface area contributed by atoms with E-state index in [0.29, 0.717) is 6.54 Å². The van der Waals surface area contributed by atoms with Gasteiger partial charge in [-0.25, -0.2) is 8.42 Å². The Morgan fingerprint density at radius 2 is 1.83 bits per heavy atom. The number of benzene rings is 1. The fourth-order valence-corrected chi connectivity index (χ4v) is 2.97. The van der Waals surface area contributed by atoms with Gasteiger partial charge in [0.1, 0.15) is 0 Å². The predicted molar refractivity (Wildman–Crippen MR) is 80.3 cm³/mol. The highest BCUT2D eigenvalue weighted by atomic mass is 32.2. The van der Waals surface area contributed by atoms with Crippen LogP contribution in [0.1, 0.15) is 20.8 Å². The largest absolute Gasteiger partial charge is 0.383 e. The highest BCUT2D eigenvalue weighted by Gasteiger charge is 2.28. The zero-order chi connectivity index (χ0) is 13.8. The Balaban J connectivity index is 2.63. The zero-order valence-electron chi connectivity index (χ0n) is 11.4. The highest BCUT2D eigenvalue weighted by molar-refractivity contribution is 7.98. The maximum Gasteiger partial charge on any atom is 0.156 e. The summed E-state index contributed by atoms with van der Waals surface area (Å²) in [6, 6.07) is 7.91. The van der Waals surface area contributed by atoms with Crippen molar-refractivity contribution in [1.82, 2.24) is 0 Å². The van der Waals surface area contributed by atoms with Crippen LogP contribution in [0.5, 0.6) is 0 Å². The van der Waals surface area contributed by atoms with E-state index < -0.39 is 14.6 Å². The van der Waals surface area contributed by atoms with Crippen LogP contribution in [0.3, 0.4) is 0 Å². The lowest BCUT2D eigenvalue weighted by molar-refractivity contribution is 0.560. The average Bonchev–Trinajstić information content (AvgIpc) is 2.28. The molecule has 0 bridgehead atoms. The molecule has 0 aliphatic heterocycles. The van der Waals surface area contributed by atoms with Crippen molar-refractivity contribution in [2.24, 2.45) is 0 Å². The molecule has 0 amide bonds. The van der Waals surface area contributed by atoms with Gasteiger partial charge in [-0.05, 0) is 39.2 Å². The summed E-state index contributed by atoms with van der Waals surface area (Å²) in [5.74, 6) is 0.152. The van der Waals surface area contributed by atoms with Gasteiger partial charge in [-0.15, -0.1) is 11.8 Å². The molecule has 0 aliphatic rings. The molecule has 0 aliphatic carbocycles. The molecule has 1 N–H and O–H groups in total. The number of hydrogen-bond donors (Lipinski definition) is 1. The molecular formula is C13H21NO2S2. The molecule has 0 atom stereocenters. The van der Waals surface area contributed by atoms with E-state index in [9.17, 15) is 8.42 Å². The molecule has 0 saturated heterocycles. The fraction of sp³-hybridized carbons (Fsp3) is 0.538. The van der Waals surface area contributed by atoms with Crippen LogP contribution in [0.4, 0.5) is 5.69 Å². The summed E-state index contributed by atoms with van der Waals surface area (Å²) in [4.78, 5) is 1.13. The van der Waals surface area contributed by atoms with E-state index in [2.05, 4.69) is 5.32 Å². The van der Waals surface area contributed by atoms with Gasteiger partial charge in [0.05, 0.1) is 10.5 Å². The van der Waals surface area contributed by atoms with Crippen LogP contribution in [0, 0.1) is 0 Å². The Morgan fingerprint density at radius 3 is 2.39 bits per heavy atom. The fourth-order valence-electron chi connectivity index (χ4n) is 1.42. The standard InChI is InChI=1S/C13H21NO2S2/c1-13(2,3)18(15,16)10-9-14-11-7-5-6-8-12(11)17-4/h5-8,14H,9-10H2,1-4H3. The third-order valence-electron chi connectivity index (χ3n) is 2.73. The third kappa shape index (κ3) is 3.92. The minimum atomic E-state index is -3.06. The van der Waals surface area contributed by atoms with Crippen LogP contribution < -0.4 is 5.32 Å². The Bertz CT molecular complexity index is 490. The van der Waals surface area contributed by atoms with Crippen molar-refractivity contribution in [1.29, 1.82) is 0 Å². The summed E-state index contributed by atoms with van der Waals surface area (Å²) in [6.45, 7) is 5.64. The minimum absolute atomic E-state index is 0.152. The molecule has 1 rings (SSSR count). The zero-order valence-corrected chi connectivity index (χ0v) is 13.0. The van der Waals surface area contributed by atoms with E-state index in [0.717, 1.165) is 10.6 Å². The second kappa shape index (κ2) is 5.97. The normalized spacial score (nSPS) is 12.4. The number of sulfone groups is 1. The Kier molecular flexibility index (Phi) is 5.10. The molecule has 18 heavy (non-hydrogen) atoms. The molecule has 3 nitrogen and oxygen atoms in total. The first-order chi connectivity index (χ1) is 8.28. The number of para-hydroxylation sites is 1. The lowest BCUT2D eigenvalue weighted by Gasteiger charge is -2.19. The average molecular weight is 287 g/mol. The van der Waals surface area contributed by atoms with Gasteiger partial charge in [0.15, 0.2) is 9.84 Å². The van der Waals surface area contributed by atoms with Gasteiger partial charge in [-0.1, -0.05) is 12.1 Å².